The first-order valence-electron chi connectivity index (χ1n) is 10.7. The number of anilines is 1. The van der Waals surface area contributed by atoms with Crippen LogP contribution in [0, 0.1) is 6.92 Å². The minimum absolute atomic E-state index is 0.0365. The van der Waals surface area contributed by atoms with Crippen LogP contribution in [-0.2, 0) is 6.54 Å². The Morgan fingerprint density at radius 2 is 1.80 bits per heavy atom. The number of nitrogens with zero attached hydrogens (tertiary/aromatic N) is 2. The molecule has 2 aromatic carbocycles. The van der Waals surface area contributed by atoms with Gasteiger partial charge in [-0.15, -0.1) is 0 Å². The van der Waals surface area contributed by atoms with E-state index in [0.29, 0.717) is 18.0 Å². The van der Waals surface area contributed by atoms with Gasteiger partial charge in [0.15, 0.2) is 0 Å². The molecule has 0 saturated carbocycles. The molecule has 5 nitrogen and oxygen atoms in total. The molecule has 1 N–H and O–H groups in total. The van der Waals surface area contributed by atoms with E-state index in [1.807, 2.05) is 56.3 Å². The summed E-state index contributed by atoms with van der Waals surface area (Å²) in [6, 6.07) is 15.5. The molecule has 1 amide bonds. The van der Waals surface area contributed by atoms with Gasteiger partial charge in [0.25, 0.3) is 11.5 Å². The van der Waals surface area contributed by atoms with Crippen LogP contribution >= 0.6 is 0 Å². The smallest absolute Gasteiger partial charge is 0.258 e. The van der Waals surface area contributed by atoms with Crippen LogP contribution in [0.25, 0.3) is 10.9 Å². The lowest BCUT2D eigenvalue weighted by Crippen LogP contribution is -2.29. The minimum Gasteiger partial charge on any atom is -0.317 e. The Labute approximate surface area is 177 Å². The molecule has 0 spiro atoms. The van der Waals surface area contributed by atoms with Gasteiger partial charge in [0.2, 0.25) is 0 Å². The second kappa shape index (κ2) is 8.44. The second-order valence-electron chi connectivity index (χ2n) is 8.14. The van der Waals surface area contributed by atoms with Crippen LogP contribution in [-0.4, -0.2) is 30.6 Å². The molecular formula is C25H29N3O2. The molecule has 4 rings (SSSR count). The number of amides is 1. The van der Waals surface area contributed by atoms with Crippen molar-refractivity contribution < 1.29 is 4.79 Å². The van der Waals surface area contributed by atoms with Gasteiger partial charge in [-0.1, -0.05) is 17.7 Å². The molecule has 1 aliphatic heterocycles. The number of fused-ring (bicyclic) bond motifs is 1. The van der Waals surface area contributed by atoms with E-state index in [-0.39, 0.29) is 11.5 Å². The average molecular weight is 404 g/mol. The van der Waals surface area contributed by atoms with Crippen molar-refractivity contribution >= 4 is 22.5 Å². The first kappa shape index (κ1) is 20.4. The maximum atomic E-state index is 13.2. The summed E-state index contributed by atoms with van der Waals surface area (Å²) in [5, 5.41) is 4.41. The van der Waals surface area contributed by atoms with Gasteiger partial charge in [0.05, 0.1) is 5.52 Å². The van der Waals surface area contributed by atoms with Gasteiger partial charge in [-0.05, 0) is 81.6 Å². The molecule has 5 heteroatoms. The SMILES string of the molecule is CCn1c(=O)cc(C2CCNCC2)c2cc(C(=O)N(C)c3ccc(C)cc3)ccc21. The van der Waals surface area contributed by atoms with Crippen LogP contribution < -0.4 is 15.8 Å². The van der Waals surface area contributed by atoms with Gasteiger partial charge < -0.3 is 14.8 Å². The Bertz CT molecular complexity index is 1130. The lowest BCUT2D eigenvalue weighted by atomic mass is 9.87. The van der Waals surface area contributed by atoms with Gasteiger partial charge in [-0.2, -0.15) is 0 Å². The molecule has 0 atom stereocenters. The summed E-state index contributed by atoms with van der Waals surface area (Å²) in [6.07, 6.45) is 2.01. The van der Waals surface area contributed by atoms with E-state index < -0.39 is 0 Å². The summed E-state index contributed by atoms with van der Waals surface area (Å²) in [5.74, 6) is 0.291. The maximum Gasteiger partial charge on any atom is 0.258 e. The Balaban J connectivity index is 1.80. The third kappa shape index (κ3) is 3.77. The number of pyridine rings is 1. The molecule has 0 radical (unpaired) electrons. The molecule has 1 saturated heterocycles. The third-order valence-corrected chi connectivity index (χ3v) is 6.21. The van der Waals surface area contributed by atoms with E-state index in [1.54, 1.807) is 22.6 Å². The Morgan fingerprint density at radius 3 is 2.47 bits per heavy atom. The van der Waals surface area contributed by atoms with Crippen molar-refractivity contribution in [2.45, 2.75) is 39.2 Å². The van der Waals surface area contributed by atoms with E-state index in [1.165, 1.54) is 0 Å². The van der Waals surface area contributed by atoms with Gasteiger partial charge in [0, 0.05) is 36.3 Å². The highest BCUT2D eigenvalue weighted by atomic mass is 16.2. The summed E-state index contributed by atoms with van der Waals surface area (Å²) >= 11 is 0. The molecule has 0 bridgehead atoms. The number of aryl methyl sites for hydroxylation is 2. The lowest BCUT2D eigenvalue weighted by molar-refractivity contribution is 0.0993. The quantitative estimate of drug-likeness (QED) is 0.714. The molecule has 0 aliphatic carbocycles. The van der Waals surface area contributed by atoms with Crippen LogP contribution in [0.1, 0.15) is 47.2 Å². The zero-order chi connectivity index (χ0) is 21.3. The van der Waals surface area contributed by atoms with E-state index in [0.717, 1.165) is 53.6 Å². The van der Waals surface area contributed by atoms with E-state index in [2.05, 4.69) is 5.32 Å². The number of carbonyl (C=O) groups excluding carboxylic acids is 1. The van der Waals surface area contributed by atoms with Crippen LogP contribution in [0.4, 0.5) is 5.69 Å². The van der Waals surface area contributed by atoms with E-state index in [4.69, 9.17) is 0 Å². The first-order valence-corrected chi connectivity index (χ1v) is 10.7. The third-order valence-electron chi connectivity index (χ3n) is 6.21. The van der Waals surface area contributed by atoms with Crippen LogP contribution in [0.3, 0.4) is 0 Å². The monoisotopic (exact) mass is 403 g/mol. The molecule has 1 fully saturated rings. The normalized spacial score (nSPS) is 14.8. The number of benzene rings is 2. The highest BCUT2D eigenvalue weighted by Crippen LogP contribution is 2.31. The number of carbonyl (C=O) groups is 1. The zero-order valence-electron chi connectivity index (χ0n) is 17.9. The molecule has 2 heterocycles. The van der Waals surface area contributed by atoms with E-state index >= 15 is 0 Å². The highest BCUT2D eigenvalue weighted by Gasteiger charge is 2.21. The number of rotatable bonds is 4. The maximum absolute atomic E-state index is 13.2. The average Bonchev–Trinajstić information content (AvgIpc) is 2.78. The van der Waals surface area contributed by atoms with Gasteiger partial charge in [0.1, 0.15) is 0 Å². The van der Waals surface area contributed by atoms with Crippen LogP contribution in [0.15, 0.2) is 53.3 Å². The molecule has 1 aliphatic rings. The summed E-state index contributed by atoms with van der Waals surface area (Å²) in [5.41, 5.74) is 4.69. The lowest BCUT2D eigenvalue weighted by Gasteiger charge is -2.25. The standard InChI is InChI=1S/C25H29N3O2/c1-4-28-23-10-7-19(25(30)27(3)20-8-5-17(2)6-9-20)15-22(23)21(16-24(28)29)18-11-13-26-14-12-18/h5-10,15-16,18,26H,4,11-14H2,1-3H3. The number of hydrogen-bond donors (Lipinski definition) is 1. The Morgan fingerprint density at radius 1 is 1.10 bits per heavy atom. The van der Waals surface area contributed by atoms with Crippen molar-refractivity contribution in [3.05, 3.63) is 75.6 Å². The number of aromatic nitrogens is 1. The Kier molecular flexibility index (Phi) is 5.73. The first-order chi connectivity index (χ1) is 14.5. The van der Waals surface area contributed by atoms with Crippen molar-refractivity contribution in [2.75, 3.05) is 25.0 Å². The molecule has 0 unspecified atom stereocenters. The topological polar surface area (TPSA) is 54.3 Å². The largest absolute Gasteiger partial charge is 0.317 e. The number of hydrogen-bond acceptors (Lipinski definition) is 3. The summed E-state index contributed by atoms with van der Waals surface area (Å²) in [6.45, 7) is 6.54. The summed E-state index contributed by atoms with van der Waals surface area (Å²) in [7, 11) is 1.80. The van der Waals surface area contributed by atoms with Crippen molar-refractivity contribution in [2.24, 2.45) is 0 Å². The number of piperidine rings is 1. The van der Waals surface area contributed by atoms with Crippen LogP contribution in [0.2, 0.25) is 0 Å². The summed E-state index contributed by atoms with van der Waals surface area (Å²) in [4.78, 5) is 27.7. The van der Waals surface area contributed by atoms with Crippen molar-refractivity contribution in [3.63, 3.8) is 0 Å². The fourth-order valence-corrected chi connectivity index (χ4v) is 4.42. The fraction of sp³-hybridized carbons (Fsp3) is 0.360. The Hall–Kier alpha value is -2.92. The molecular weight excluding hydrogens is 374 g/mol. The zero-order valence-corrected chi connectivity index (χ0v) is 17.9. The van der Waals surface area contributed by atoms with Crippen molar-refractivity contribution in [1.82, 2.24) is 9.88 Å². The van der Waals surface area contributed by atoms with E-state index in [9.17, 15) is 9.59 Å². The van der Waals surface area contributed by atoms with Crippen LogP contribution in [0.5, 0.6) is 0 Å². The van der Waals surface area contributed by atoms with Gasteiger partial charge in [-0.3, -0.25) is 9.59 Å². The number of nitrogens with one attached hydrogen (secondary N) is 1. The molecule has 3 aromatic rings. The molecule has 1 aromatic heterocycles. The fourth-order valence-electron chi connectivity index (χ4n) is 4.42. The van der Waals surface area contributed by atoms with Gasteiger partial charge in [-0.25, -0.2) is 0 Å². The highest BCUT2D eigenvalue weighted by molar-refractivity contribution is 6.07. The predicted octanol–water partition coefficient (Wildman–Crippen LogP) is 4.07. The van der Waals surface area contributed by atoms with Crippen molar-refractivity contribution in [3.8, 4) is 0 Å². The predicted molar refractivity (Wildman–Crippen MR) is 123 cm³/mol. The van der Waals surface area contributed by atoms with Gasteiger partial charge >= 0.3 is 0 Å². The summed E-state index contributed by atoms with van der Waals surface area (Å²) < 4.78 is 1.79. The molecule has 156 valence electrons. The minimum atomic E-state index is -0.0498. The van der Waals surface area contributed by atoms with Crippen molar-refractivity contribution in [1.29, 1.82) is 0 Å². The second-order valence-corrected chi connectivity index (χ2v) is 8.14. The molecule has 30 heavy (non-hydrogen) atoms.